The second-order valence-electron chi connectivity index (χ2n) is 9.24. The van der Waals surface area contributed by atoms with Gasteiger partial charge in [0.1, 0.15) is 19.0 Å². The number of anilines is 1. The maximum absolute atomic E-state index is 14.2. The van der Waals surface area contributed by atoms with Gasteiger partial charge in [-0.3, -0.25) is 14.4 Å². The number of likely N-dealkylation sites (N-methyl/N-ethyl adjacent to an activating group) is 1. The van der Waals surface area contributed by atoms with E-state index in [2.05, 4.69) is 0 Å². The molecule has 2 aromatic carbocycles. The van der Waals surface area contributed by atoms with Crippen LogP contribution in [0.2, 0.25) is 0 Å². The van der Waals surface area contributed by atoms with E-state index in [0.29, 0.717) is 55.5 Å². The summed E-state index contributed by atoms with van der Waals surface area (Å²) in [5, 5.41) is 11.6. The number of hydrogen-bond acceptors (Lipinski definition) is 7. The number of ketones is 1. The number of nitrogens with zero attached hydrogens (tertiary/aromatic N) is 2. The first-order valence-corrected chi connectivity index (χ1v) is 12.2. The number of hydrogen-bond donors (Lipinski definition) is 1. The van der Waals surface area contributed by atoms with Gasteiger partial charge < -0.3 is 29.1 Å². The minimum Gasteiger partial charge on any atom is -0.507 e. The molecule has 4 aliphatic heterocycles. The zero-order valence-electron chi connectivity index (χ0n) is 19.9. The Morgan fingerprint density at radius 3 is 2.58 bits per heavy atom. The molecular formula is C27H26N2O7. The summed E-state index contributed by atoms with van der Waals surface area (Å²) in [6, 6.07) is 11.9. The molecule has 4 heterocycles. The van der Waals surface area contributed by atoms with Crippen LogP contribution in [0.5, 0.6) is 11.5 Å². The van der Waals surface area contributed by atoms with Crippen molar-refractivity contribution < 1.29 is 33.7 Å². The normalized spacial score (nSPS) is 26.2. The first kappa shape index (κ1) is 22.6. The van der Waals surface area contributed by atoms with E-state index in [1.54, 1.807) is 47.4 Å². The van der Waals surface area contributed by atoms with E-state index in [1.807, 2.05) is 6.92 Å². The summed E-state index contributed by atoms with van der Waals surface area (Å²) in [5.41, 5.74) is -0.667. The highest BCUT2D eigenvalue weighted by atomic mass is 16.6. The Morgan fingerprint density at radius 1 is 1.06 bits per heavy atom. The van der Waals surface area contributed by atoms with Crippen molar-refractivity contribution in [3.05, 3.63) is 59.2 Å². The third-order valence-corrected chi connectivity index (χ3v) is 7.35. The smallest absolute Gasteiger partial charge is 0.296 e. The Kier molecular flexibility index (Phi) is 5.26. The van der Waals surface area contributed by atoms with E-state index in [-0.39, 0.29) is 23.8 Å². The van der Waals surface area contributed by atoms with Crippen LogP contribution in [0.4, 0.5) is 5.69 Å². The Morgan fingerprint density at radius 2 is 1.83 bits per heavy atom. The maximum atomic E-state index is 14.2. The van der Waals surface area contributed by atoms with Gasteiger partial charge in [-0.15, -0.1) is 0 Å². The van der Waals surface area contributed by atoms with Crippen molar-refractivity contribution in [1.29, 1.82) is 0 Å². The number of fused-ring (bicyclic) bond motifs is 3. The highest BCUT2D eigenvalue weighted by Crippen LogP contribution is 2.54. The van der Waals surface area contributed by atoms with Gasteiger partial charge in [0.25, 0.3) is 17.6 Å². The Bertz CT molecular complexity index is 1310. The third kappa shape index (κ3) is 3.02. The molecular weight excluding hydrogens is 464 g/mol. The first-order valence-electron chi connectivity index (χ1n) is 12.2. The van der Waals surface area contributed by atoms with Crippen LogP contribution in [-0.2, 0) is 24.7 Å². The highest BCUT2D eigenvalue weighted by Gasteiger charge is 2.67. The average molecular weight is 491 g/mol. The fraction of sp³-hybridized carbons (Fsp3) is 0.370. The van der Waals surface area contributed by atoms with Gasteiger partial charge in [-0.2, -0.15) is 0 Å². The second kappa shape index (κ2) is 8.37. The van der Waals surface area contributed by atoms with Crippen LogP contribution in [0.25, 0.3) is 5.76 Å². The molecule has 9 heteroatoms. The number of aliphatic hydroxyl groups is 1. The number of Topliss-reactive ketones (excluding diaryl/α,β-unsaturated/α-hetero) is 1. The van der Waals surface area contributed by atoms with Crippen molar-refractivity contribution in [2.45, 2.75) is 31.4 Å². The maximum Gasteiger partial charge on any atom is 0.296 e. The molecule has 1 N–H and O–H groups in total. The Labute approximate surface area is 207 Å². The summed E-state index contributed by atoms with van der Waals surface area (Å²) in [6.07, 6.45) is 1.25. The van der Waals surface area contributed by atoms with E-state index in [0.717, 1.165) is 6.42 Å². The Balaban J connectivity index is 1.59. The van der Waals surface area contributed by atoms with Gasteiger partial charge in [-0.25, -0.2) is 0 Å². The predicted octanol–water partition coefficient (Wildman–Crippen LogP) is 2.58. The average Bonchev–Trinajstić information content (AvgIpc) is 3.56. The largest absolute Gasteiger partial charge is 0.507 e. The monoisotopic (exact) mass is 490 g/mol. The molecule has 186 valence electrons. The van der Waals surface area contributed by atoms with Crippen molar-refractivity contribution in [2.24, 2.45) is 0 Å². The summed E-state index contributed by atoms with van der Waals surface area (Å²) in [4.78, 5) is 44.3. The fourth-order valence-electron chi connectivity index (χ4n) is 5.76. The molecule has 36 heavy (non-hydrogen) atoms. The minimum atomic E-state index is -1.79. The van der Waals surface area contributed by atoms with Crippen LogP contribution in [0.1, 0.15) is 30.9 Å². The molecule has 6 rings (SSSR count). The lowest BCUT2D eigenvalue weighted by Gasteiger charge is -2.35. The molecule has 1 spiro atoms. The number of carbonyl (C=O) groups is 3. The molecule has 0 radical (unpaired) electrons. The molecule has 0 aromatic heterocycles. The Hall–Kier alpha value is -3.85. The van der Waals surface area contributed by atoms with Gasteiger partial charge in [0, 0.05) is 30.8 Å². The number of ether oxygens (including phenoxy) is 3. The first-order chi connectivity index (χ1) is 17.5. The minimum absolute atomic E-state index is 0.0696. The van der Waals surface area contributed by atoms with Crippen molar-refractivity contribution in [3.8, 4) is 11.5 Å². The third-order valence-electron chi connectivity index (χ3n) is 7.35. The van der Waals surface area contributed by atoms with Gasteiger partial charge in [0.15, 0.2) is 17.0 Å². The molecule has 2 aromatic rings. The van der Waals surface area contributed by atoms with Gasteiger partial charge in [-0.05, 0) is 44.0 Å². The second-order valence-corrected chi connectivity index (χ2v) is 9.24. The molecule has 0 bridgehead atoms. The van der Waals surface area contributed by atoms with Crippen LogP contribution < -0.4 is 14.4 Å². The van der Waals surface area contributed by atoms with E-state index >= 15 is 0 Å². The van der Waals surface area contributed by atoms with E-state index in [9.17, 15) is 19.5 Å². The van der Waals surface area contributed by atoms with Crippen molar-refractivity contribution >= 4 is 29.0 Å². The zero-order chi connectivity index (χ0) is 25.0. The molecule has 2 fully saturated rings. The highest BCUT2D eigenvalue weighted by molar-refractivity contribution is 6.50. The molecule has 2 saturated heterocycles. The van der Waals surface area contributed by atoms with Crippen LogP contribution >= 0.6 is 0 Å². The number of amides is 2. The molecule has 9 nitrogen and oxygen atoms in total. The lowest BCUT2D eigenvalue weighted by Crippen LogP contribution is -2.53. The van der Waals surface area contributed by atoms with Crippen molar-refractivity contribution in [1.82, 2.24) is 4.90 Å². The zero-order valence-corrected chi connectivity index (χ0v) is 19.9. The number of likely N-dealkylation sites (tertiary alicyclic amines) is 1. The summed E-state index contributed by atoms with van der Waals surface area (Å²) < 4.78 is 17.0. The number of rotatable bonds is 4. The fourth-order valence-corrected chi connectivity index (χ4v) is 5.76. The summed E-state index contributed by atoms with van der Waals surface area (Å²) in [7, 11) is 0. The van der Waals surface area contributed by atoms with Crippen LogP contribution in [-0.4, -0.2) is 66.6 Å². The SMILES string of the molecule is CCN1C(=O)C2(C(=C(O)c3ccc4c(c3)OCCO4)C(=O)C(=O)N2CC2CCCO2)c2ccccc21. The van der Waals surface area contributed by atoms with E-state index in [4.69, 9.17) is 14.2 Å². The molecule has 4 aliphatic rings. The van der Waals surface area contributed by atoms with Crippen molar-refractivity contribution in [2.75, 3.05) is 37.8 Å². The quantitative estimate of drug-likeness (QED) is 0.399. The van der Waals surface area contributed by atoms with E-state index in [1.165, 1.54) is 4.90 Å². The van der Waals surface area contributed by atoms with Gasteiger partial charge in [-0.1, -0.05) is 18.2 Å². The standard InChI is InChI=1S/C27H26N2O7/c1-2-28-19-8-4-3-7-18(19)27(26(28)33)22(24(31)25(32)29(27)15-17-6-5-11-34-17)23(30)16-9-10-20-21(14-16)36-13-12-35-20/h3-4,7-10,14,17,30H,2,5-6,11-13,15H2,1H3. The van der Waals surface area contributed by atoms with Gasteiger partial charge in [0.2, 0.25) is 0 Å². The summed E-state index contributed by atoms with van der Waals surface area (Å²) in [5.74, 6) is -1.66. The molecule has 2 atom stereocenters. The topological polar surface area (TPSA) is 106 Å². The predicted molar refractivity (Wildman–Crippen MR) is 129 cm³/mol. The van der Waals surface area contributed by atoms with Crippen LogP contribution in [0.3, 0.4) is 0 Å². The van der Waals surface area contributed by atoms with Gasteiger partial charge in [0.05, 0.1) is 17.4 Å². The number of aliphatic hydroxyl groups excluding tert-OH is 1. The molecule has 2 amide bonds. The summed E-state index contributed by atoms with van der Waals surface area (Å²) >= 11 is 0. The lowest BCUT2D eigenvalue weighted by atomic mass is 9.81. The van der Waals surface area contributed by atoms with Crippen LogP contribution in [0.15, 0.2) is 48.0 Å². The molecule has 0 saturated carbocycles. The van der Waals surface area contributed by atoms with Crippen LogP contribution in [0, 0.1) is 0 Å². The van der Waals surface area contributed by atoms with E-state index < -0.39 is 28.9 Å². The number of carbonyl (C=O) groups excluding carboxylic acids is 3. The van der Waals surface area contributed by atoms with Gasteiger partial charge >= 0.3 is 0 Å². The van der Waals surface area contributed by atoms with Crippen molar-refractivity contribution in [3.63, 3.8) is 0 Å². The summed E-state index contributed by atoms with van der Waals surface area (Å²) in [6.45, 7) is 3.56. The molecule has 0 aliphatic carbocycles. The molecule has 2 unspecified atom stereocenters. The lowest BCUT2D eigenvalue weighted by molar-refractivity contribution is -0.145. The number of para-hydroxylation sites is 1. The number of benzene rings is 2.